The van der Waals surface area contributed by atoms with Crippen molar-refractivity contribution in [3.63, 3.8) is 0 Å². The largest absolute Gasteiger partial charge is 0.368 e. The average molecular weight is 263 g/mol. The minimum absolute atomic E-state index is 0.0999. The third kappa shape index (κ3) is 2.18. The van der Waals surface area contributed by atoms with E-state index in [0.29, 0.717) is 22.9 Å². The summed E-state index contributed by atoms with van der Waals surface area (Å²) >= 11 is 0. The van der Waals surface area contributed by atoms with Crippen LogP contribution in [0, 0.1) is 11.3 Å². The standard InChI is InChI=1S/C13H9N7/c14-8-9-3-1-4-10(7-9)11-17-12(15)19-13(18-11)20-6-2-5-16-20/h1-7H,(H2,15,17,18,19). The molecule has 0 atom stereocenters. The van der Waals surface area contributed by atoms with Crippen LogP contribution in [-0.4, -0.2) is 24.7 Å². The molecule has 0 aliphatic carbocycles. The number of nitrogens with two attached hydrogens (primary N) is 1. The predicted molar refractivity (Wildman–Crippen MR) is 71.5 cm³/mol. The van der Waals surface area contributed by atoms with E-state index in [1.165, 1.54) is 4.68 Å². The molecule has 20 heavy (non-hydrogen) atoms. The zero-order chi connectivity index (χ0) is 13.9. The number of nitrogens with zero attached hydrogens (tertiary/aromatic N) is 6. The lowest BCUT2D eigenvalue weighted by Gasteiger charge is -2.05. The van der Waals surface area contributed by atoms with Gasteiger partial charge in [0.15, 0.2) is 5.82 Å². The van der Waals surface area contributed by atoms with E-state index in [2.05, 4.69) is 26.1 Å². The second-order valence-electron chi connectivity index (χ2n) is 3.96. The number of nitrogen functional groups attached to an aromatic ring is 1. The summed E-state index contributed by atoms with van der Waals surface area (Å²) < 4.78 is 1.50. The summed E-state index contributed by atoms with van der Waals surface area (Å²) in [6.45, 7) is 0. The predicted octanol–water partition coefficient (Wildman–Crippen LogP) is 1.18. The fraction of sp³-hybridized carbons (Fsp3) is 0. The van der Waals surface area contributed by atoms with Crippen LogP contribution >= 0.6 is 0 Å². The normalized spacial score (nSPS) is 10.2. The molecule has 0 spiro atoms. The summed E-state index contributed by atoms with van der Waals surface area (Å²) in [5.41, 5.74) is 6.94. The summed E-state index contributed by atoms with van der Waals surface area (Å²) in [5, 5.41) is 13.0. The van der Waals surface area contributed by atoms with E-state index >= 15 is 0 Å². The lowest BCUT2D eigenvalue weighted by atomic mass is 10.1. The van der Waals surface area contributed by atoms with Crippen molar-refractivity contribution in [1.82, 2.24) is 24.7 Å². The fourth-order valence-electron chi connectivity index (χ4n) is 1.73. The zero-order valence-electron chi connectivity index (χ0n) is 10.3. The Balaban J connectivity index is 2.12. The quantitative estimate of drug-likeness (QED) is 0.744. The molecule has 2 N–H and O–H groups in total. The second-order valence-corrected chi connectivity index (χ2v) is 3.96. The highest BCUT2D eigenvalue weighted by Gasteiger charge is 2.09. The number of hydrogen-bond acceptors (Lipinski definition) is 6. The van der Waals surface area contributed by atoms with E-state index in [1.54, 1.807) is 36.7 Å². The van der Waals surface area contributed by atoms with Gasteiger partial charge >= 0.3 is 0 Å². The highest BCUT2D eigenvalue weighted by atomic mass is 15.4. The molecule has 0 bridgehead atoms. The Morgan fingerprint density at radius 2 is 2.05 bits per heavy atom. The van der Waals surface area contributed by atoms with Gasteiger partial charge in [-0.3, -0.25) is 0 Å². The van der Waals surface area contributed by atoms with Crippen LogP contribution in [0.4, 0.5) is 5.95 Å². The Kier molecular flexibility index (Phi) is 2.82. The van der Waals surface area contributed by atoms with Crippen LogP contribution in [0.3, 0.4) is 0 Å². The molecule has 96 valence electrons. The Bertz CT molecular complexity index is 787. The molecule has 7 nitrogen and oxygen atoms in total. The summed E-state index contributed by atoms with van der Waals surface area (Å²) in [7, 11) is 0. The summed E-state index contributed by atoms with van der Waals surface area (Å²) in [6, 6.07) is 10.8. The minimum atomic E-state index is 0.0999. The first-order valence-corrected chi connectivity index (χ1v) is 5.78. The van der Waals surface area contributed by atoms with Gasteiger partial charge in [-0.15, -0.1) is 0 Å². The average Bonchev–Trinajstić information content (AvgIpc) is 3.01. The Hall–Kier alpha value is -3.27. The van der Waals surface area contributed by atoms with Crippen molar-refractivity contribution >= 4 is 5.95 Å². The monoisotopic (exact) mass is 263 g/mol. The summed E-state index contributed by atoms with van der Waals surface area (Å²) in [4.78, 5) is 12.4. The SMILES string of the molecule is N#Cc1cccc(-c2nc(N)nc(-n3cccn3)n2)c1. The number of benzene rings is 1. The number of rotatable bonds is 2. The molecule has 0 saturated heterocycles. The molecule has 2 heterocycles. The number of anilines is 1. The lowest BCUT2D eigenvalue weighted by Crippen LogP contribution is -2.08. The Labute approximate surface area is 114 Å². The van der Waals surface area contributed by atoms with Gasteiger partial charge in [-0.1, -0.05) is 12.1 Å². The first-order chi connectivity index (χ1) is 9.76. The Morgan fingerprint density at radius 3 is 2.80 bits per heavy atom. The molecule has 1 aromatic carbocycles. The maximum absolute atomic E-state index is 8.93. The molecule has 0 aliphatic heterocycles. The first kappa shape index (κ1) is 11.8. The molecule has 0 unspecified atom stereocenters. The van der Waals surface area contributed by atoms with Crippen molar-refractivity contribution in [3.05, 3.63) is 48.3 Å². The molecule has 0 amide bonds. The topological polar surface area (TPSA) is 106 Å². The highest BCUT2D eigenvalue weighted by molar-refractivity contribution is 5.59. The van der Waals surface area contributed by atoms with Crippen molar-refractivity contribution < 1.29 is 0 Å². The van der Waals surface area contributed by atoms with E-state index in [1.807, 2.05) is 6.07 Å². The number of hydrogen-bond donors (Lipinski definition) is 1. The van der Waals surface area contributed by atoms with Crippen LogP contribution in [-0.2, 0) is 0 Å². The molecule has 0 radical (unpaired) electrons. The van der Waals surface area contributed by atoms with Crippen molar-refractivity contribution in [2.24, 2.45) is 0 Å². The maximum atomic E-state index is 8.93. The van der Waals surface area contributed by atoms with Crippen LogP contribution in [0.1, 0.15) is 5.56 Å². The van der Waals surface area contributed by atoms with Gasteiger partial charge in [-0.25, -0.2) is 4.68 Å². The highest BCUT2D eigenvalue weighted by Crippen LogP contribution is 2.17. The van der Waals surface area contributed by atoms with E-state index < -0.39 is 0 Å². The van der Waals surface area contributed by atoms with Gasteiger partial charge in [0.1, 0.15) is 0 Å². The van der Waals surface area contributed by atoms with Crippen LogP contribution in [0.15, 0.2) is 42.7 Å². The number of aromatic nitrogens is 5. The van der Waals surface area contributed by atoms with Crippen LogP contribution in [0.25, 0.3) is 17.3 Å². The number of nitriles is 1. The summed E-state index contributed by atoms with van der Waals surface area (Å²) in [6.07, 6.45) is 3.33. The molecule has 0 saturated carbocycles. The zero-order valence-corrected chi connectivity index (χ0v) is 10.3. The van der Waals surface area contributed by atoms with Gasteiger partial charge in [0.05, 0.1) is 11.6 Å². The molecule has 0 aliphatic rings. The molecular formula is C13H9N7. The molecule has 2 aromatic heterocycles. The van der Waals surface area contributed by atoms with Gasteiger partial charge in [0.25, 0.3) is 5.95 Å². The molecule has 7 heteroatoms. The second kappa shape index (κ2) is 4.78. The first-order valence-electron chi connectivity index (χ1n) is 5.78. The molecule has 3 rings (SSSR count). The lowest BCUT2D eigenvalue weighted by molar-refractivity contribution is 0.801. The van der Waals surface area contributed by atoms with E-state index in [0.717, 1.165) is 0 Å². The minimum Gasteiger partial charge on any atom is -0.368 e. The summed E-state index contributed by atoms with van der Waals surface area (Å²) in [5.74, 6) is 0.836. The third-order valence-electron chi connectivity index (χ3n) is 2.60. The smallest absolute Gasteiger partial charge is 0.255 e. The van der Waals surface area contributed by atoms with Crippen molar-refractivity contribution in [3.8, 4) is 23.4 Å². The van der Waals surface area contributed by atoms with Gasteiger partial charge < -0.3 is 5.73 Å². The van der Waals surface area contributed by atoms with Crippen LogP contribution in [0.5, 0.6) is 0 Å². The maximum Gasteiger partial charge on any atom is 0.255 e. The molecule has 3 aromatic rings. The van der Waals surface area contributed by atoms with Crippen molar-refractivity contribution in [1.29, 1.82) is 5.26 Å². The third-order valence-corrected chi connectivity index (χ3v) is 2.60. The molecule has 0 fully saturated rings. The van der Waals surface area contributed by atoms with Gasteiger partial charge in [0.2, 0.25) is 5.95 Å². The van der Waals surface area contributed by atoms with Gasteiger partial charge in [-0.2, -0.15) is 25.3 Å². The van der Waals surface area contributed by atoms with E-state index in [9.17, 15) is 0 Å². The Morgan fingerprint density at radius 1 is 1.15 bits per heavy atom. The van der Waals surface area contributed by atoms with Crippen LogP contribution in [0.2, 0.25) is 0 Å². The fourth-order valence-corrected chi connectivity index (χ4v) is 1.73. The van der Waals surface area contributed by atoms with E-state index in [-0.39, 0.29) is 5.95 Å². The van der Waals surface area contributed by atoms with Crippen molar-refractivity contribution in [2.75, 3.05) is 5.73 Å². The molecular weight excluding hydrogens is 254 g/mol. The van der Waals surface area contributed by atoms with Gasteiger partial charge in [-0.05, 0) is 18.2 Å². The van der Waals surface area contributed by atoms with Crippen molar-refractivity contribution in [2.45, 2.75) is 0 Å². The van der Waals surface area contributed by atoms with Crippen LogP contribution < -0.4 is 5.73 Å². The van der Waals surface area contributed by atoms with E-state index in [4.69, 9.17) is 11.0 Å². The van der Waals surface area contributed by atoms with Gasteiger partial charge in [0, 0.05) is 18.0 Å².